The van der Waals surface area contributed by atoms with Crippen molar-refractivity contribution in [3.63, 3.8) is 0 Å². The molecule has 0 saturated carbocycles. The van der Waals surface area contributed by atoms with Crippen LogP contribution in [0.2, 0.25) is 0 Å². The smallest absolute Gasteiger partial charge is 0.284 e. The Kier molecular flexibility index (Phi) is 5.03. The van der Waals surface area contributed by atoms with Crippen LogP contribution in [0.1, 0.15) is 42.0 Å². The summed E-state index contributed by atoms with van der Waals surface area (Å²) in [6.07, 6.45) is 2.13. The molecule has 2 aliphatic carbocycles. The zero-order valence-corrected chi connectivity index (χ0v) is 16.1. The van der Waals surface area contributed by atoms with Crippen LogP contribution in [0.25, 0.3) is 23.1 Å². The van der Waals surface area contributed by atoms with Crippen molar-refractivity contribution in [2.45, 2.75) is 33.6 Å². The lowest BCUT2D eigenvalue weighted by molar-refractivity contribution is 0.231. The molecule has 0 spiro atoms. The first-order valence-electron chi connectivity index (χ1n) is 9.00. The van der Waals surface area contributed by atoms with Crippen molar-refractivity contribution in [1.82, 2.24) is 0 Å². The molecule has 0 radical (unpaired) electrons. The van der Waals surface area contributed by atoms with Crippen LogP contribution in [0.5, 0.6) is 0 Å². The van der Waals surface area contributed by atoms with Gasteiger partial charge in [0, 0.05) is 0 Å². The van der Waals surface area contributed by atoms with Crippen LogP contribution in [0.15, 0.2) is 48.5 Å². The van der Waals surface area contributed by atoms with E-state index in [-0.39, 0.29) is 5.95 Å². The molecule has 1 N–H and O–H groups in total. The van der Waals surface area contributed by atoms with Crippen molar-refractivity contribution in [3.8, 4) is 11.1 Å². The van der Waals surface area contributed by atoms with Gasteiger partial charge in [0.25, 0.3) is 5.95 Å². The number of aliphatic hydroxyl groups excluding tert-OH is 1. The first kappa shape index (κ1) is 18.1. The van der Waals surface area contributed by atoms with Crippen LogP contribution in [0.4, 0.5) is 0 Å². The van der Waals surface area contributed by atoms with Crippen molar-refractivity contribution >= 4 is 12.0 Å². The van der Waals surface area contributed by atoms with E-state index in [1.165, 1.54) is 34.9 Å². The summed E-state index contributed by atoms with van der Waals surface area (Å²) in [4.78, 5) is 0. The van der Waals surface area contributed by atoms with Crippen molar-refractivity contribution < 1.29 is 9.84 Å². The second-order valence-electron chi connectivity index (χ2n) is 7.13. The Labute approximate surface area is 155 Å². The molecule has 0 bridgehead atoms. The zero-order valence-electron chi connectivity index (χ0n) is 16.1. The van der Waals surface area contributed by atoms with Crippen LogP contribution in [0, 0.1) is 13.8 Å². The molecule has 0 heterocycles. The normalized spacial score (nSPS) is 13.4. The molecule has 2 aliphatic rings. The Hall–Kier alpha value is -2.74. The van der Waals surface area contributed by atoms with Gasteiger partial charge < -0.3 is 9.84 Å². The molecule has 1 aromatic rings. The van der Waals surface area contributed by atoms with Gasteiger partial charge in [-0.2, -0.15) is 0 Å². The van der Waals surface area contributed by atoms with Gasteiger partial charge in [0.2, 0.25) is 0 Å². The highest BCUT2D eigenvalue weighted by Gasteiger charge is 2.15. The number of aliphatic hydroxyl groups is 1. The fourth-order valence-electron chi connectivity index (χ4n) is 3.45. The predicted octanol–water partition coefficient (Wildman–Crippen LogP) is 4.63. The number of hydrogen-bond donors (Lipinski definition) is 1. The Morgan fingerprint density at radius 2 is 1.73 bits per heavy atom. The van der Waals surface area contributed by atoms with Crippen molar-refractivity contribution in [3.05, 3.63) is 81.2 Å². The molecule has 0 fully saturated rings. The minimum Gasteiger partial charge on any atom is -0.481 e. The van der Waals surface area contributed by atoms with Crippen LogP contribution in [-0.4, -0.2) is 12.2 Å². The minimum atomic E-state index is -0.0613. The number of benzene rings is 1. The molecule has 2 heteroatoms. The number of ether oxygens (including phenoxy) is 1. The molecule has 134 valence electrons. The summed E-state index contributed by atoms with van der Waals surface area (Å²) in [5.41, 5.74) is 7.58. The third-order valence-corrected chi connectivity index (χ3v) is 4.95. The van der Waals surface area contributed by atoms with E-state index in [4.69, 9.17) is 4.74 Å². The highest BCUT2D eigenvalue weighted by molar-refractivity contribution is 5.84. The number of aryl methyl sites for hydroxylation is 2. The summed E-state index contributed by atoms with van der Waals surface area (Å²) in [5.74, 6) is 0.425. The van der Waals surface area contributed by atoms with Gasteiger partial charge in [0.15, 0.2) is 0 Å². The minimum absolute atomic E-state index is 0.0613. The maximum Gasteiger partial charge on any atom is 0.284 e. The lowest BCUT2D eigenvalue weighted by atomic mass is 10.00. The Morgan fingerprint density at radius 1 is 1.00 bits per heavy atom. The number of rotatable bonds is 3. The van der Waals surface area contributed by atoms with Crippen LogP contribution in [0.3, 0.4) is 0 Å². The number of hydrogen-bond acceptors (Lipinski definition) is 2. The third-order valence-electron chi connectivity index (χ3n) is 4.95. The van der Waals surface area contributed by atoms with E-state index < -0.39 is 0 Å². The SMILES string of the molecule is CO/C(O)=c1\cccc\c1=C/c1cc(C)c2cc(C(C)C)ccc(C)c1-2. The van der Waals surface area contributed by atoms with E-state index in [9.17, 15) is 5.11 Å². The fraction of sp³-hybridized carbons (Fsp3) is 0.250. The molecule has 2 nitrogen and oxygen atoms in total. The maximum atomic E-state index is 10.1. The molecule has 0 atom stereocenters. The predicted molar refractivity (Wildman–Crippen MR) is 109 cm³/mol. The van der Waals surface area contributed by atoms with Crippen molar-refractivity contribution in [2.75, 3.05) is 7.11 Å². The molecule has 1 aromatic carbocycles. The van der Waals surface area contributed by atoms with Gasteiger partial charge in [0.1, 0.15) is 0 Å². The highest BCUT2D eigenvalue weighted by atomic mass is 16.6. The Bertz CT molecular complexity index is 1030. The summed E-state index contributed by atoms with van der Waals surface area (Å²) in [7, 11) is 1.48. The van der Waals surface area contributed by atoms with Crippen molar-refractivity contribution in [2.24, 2.45) is 0 Å². The van der Waals surface area contributed by atoms with Gasteiger partial charge in [-0.25, -0.2) is 0 Å². The third kappa shape index (κ3) is 3.32. The first-order valence-corrected chi connectivity index (χ1v) is 9.00. The van der Waals surface area contributed by atoms with Gasteiger partial charge in [-0.3, -0.25) is 0 Å². The lowest BCUT2D eigenvalue weighted by Crippen LogP contribution is -2.27. The molecule has 3 rings (SSSR count). The molecule has 0 amide bonds. The van der Waals surface area contributed by atoms with Crippen LogP contribution >= 0.6 is 0 Å². The van der Waals surface area contributed by atoms with Crippen LogP contribution < -0.4 is 10.4 Å². The summed E-state index contributed by atoms with van der Waals surface area (Å²) >= 11 is 0. The fourth-order valence-corrected chi connectivity index (χ4v) is 3.45. The van der Waals surface area contributed by atoms with E-state index in [0.29, 0.717) is 11.1 Å². The van der Waals surface area contributed by atoms with E-state index in [0.717, 1.165) is 10.8 Å². The second kappa shape index (κ2) is 7.25. The molecule has 26 heavy (non-hydrogen) atoms. The van der Waals surface area contributed by atoms with Gasteiger partial charge >= 0.3 is 0 Å². The standard InChI is InChI=1S/C24H26O2/c1-15(2)18-11-10-16(3)23-20(12-17(4)22(23)14-18)13-19-8-6-7-9-21(19)24(25)26-5/h6-15,25H,1-5H3/b19-13+,24-21+. The summed E-state index contributed by atoms with van der Waals surface area (Å²) in [6, 6.07) is 16.7. The van der Waals surface area contributed by atoms with Crippen LogP contribution in [-0.2, 0) is 4.74 Å². The second-order valence-corrected chi connectivity index (χ2v) is 7.13. The van der Waals surface area contributed by atoms with E-state index in [2.05, 4.69) is 58.0 Å². The number of methoxy groups -OCH3 is 1. The lowest BCUT2D eigenvalue weighted by Gasteiger charge is -2.04. The van der Waals surface area contributed by atoms with Crippen molar-refractivity contribution in [1.29, 1.82) is 0 Å². The average molecular weight is 346 g/mol. The molecule has 0 aromatic heterocycles. The summed E-state index contributed by atoms with van der Waals surface area (Å²) in [5, 5.41) is 11.7. The Morgan fingerprint density at radius 3 is 2.42 bits per heavy atom. The van der Waals surface area contributed by atoms with E-state index >= 15 is 0 Å². The van der Waals surface area contributed by atoms with Gasteiger partial charge in [-0.1, -0.05) is 56.3 Å². The number of fused-ring (bicyclic) bond motifs is 1. The maximum absolute atomic E-state index is 10.1. The Balaban J connectivity index is 2.32. The summed E-state index contributed by atoms with van der Waals surface area (Å²) in [6.45, 7) is 8.77. The topological polar surface area (TPSA) is 29.5 Å². The quantitative estimate of drug-likeness (QED) is 0.749. The largest absolute Gasteiger partial charge is 0.481 e. The van der Waals surface area contributed by atoms with Gasteiger partial charge in [-0.15, -0.1) is 0 Å². The molecular formula is C24H26O2. The average Bonchev–Trinajstić information content (AvgIpc) is 2.81. The van der Waals surface area contributed by atoms with Gasteiger partial charge in [-0.05, 0) is 70.5 Å². The summed E-state index contributed by atoms with van der Waals surface area (Å²) < 4.78 is 5.04. The van der Waals surface area contributed by atoms with E-state index in [1.54, 1.807) is 0 Å². The molecule has 0 unspecified atom stereocenters. The highest BCUT2D eigenvalue weighted by Crippen LogP contribution is 2.36. The molecule has 0 saturated heterocycles. The first-order chi connectivity index (χ1) is 12.4. The zero-order chi connectivity index (χ0) is 18.8. The van der Waals surface area contributed by atoms with E-state index in [1.807, 2.05) is 24.3 Å². The van der Waals surface area contributed by atoms with Gasteiger partial charge in [0.05, 0.1) is 12.3 Å². The molecule has 0 aliphatic heterocycles. The monoisotopic (exact) mass is 346 g/mol. The molecular weight excluding hydrogens is 320 g/mol.